The molecule has 0 radical (unpaired) electrons. The van der Waals surface area contributed by atoms with E-state index >= 15 is 0 Å². The number of benzene rings is 1. The monoisotopic (exact) mass is 380 g/mol. The van der Waals surface area contributed by atoms with Crippen molar-refractivity contribution < 1.29 is 18.7 Å². The van der Waals surface area contributed by atoms with Crippen LogP contribution in [0.4, 0.5) is 0 Å². The van der Waals surface area contributed by atoms with Crippen LogP contribution in [0.2, 0.25) is 0 Å². The highest BCUT2D eigenvalue weighted by Gasteiger charge is 2.28. The second-order valence-electron chi connectivity index (χ2n) is 6.73. The summed E-state index contributed by atoms with van der Waals surface area (Å²) in [6.07, 6.45) is 1.61. The first kappa shape index (κ1) is 19.6. The van der Waals surface area contributed by atoms with Crippen LogP contribution in [0.5, 0.6) is 0 Å². The van der Waals surface area contributed by atoms with Crippen LogP contribution >= 0.6 is 0 Å². The third-order valence-electron chi connectivity index (χ3n) is 4.84. The molecule has 0 saturated heterocycles. The third-order valence-corrected chi connectivity index (χ3v) is 4.84. The first-order valence-corrected chi connectivity index (χ1v) is 9.10. The van der Waals surface area contributed by atoms with E-state index < -0.39 is 12.0 Å². The Balaban J connectivity index is 1.88. The molecule has 0 bridgehead atoms. The minimum absolute atomic E-state index is 0.136. The van der Waals surface area contributed by atoms with Gasteiger partial charge in [0.05, 0.1) is 36.7 Å². The molecular weight excluding hydrogens is 356 g/mol. The molecule has 28 heavy (non-hydrogen) atoms. The van der Waals surface area contributed by atoms with Gasteiger partial charge in [0.15, 0.2) is 5.78 Å². The number of Topliss-reactive ketones (excluding diaryl/α,β-unsaturated/α-hetero) is 1. The van der Waals surface area contributed by atoms with Gasteiger partial charge in [-0.2, -0.15) is 0 Å². The van der Waals surface area contributed by atoms with E-state index in [1.54, 1.807) is 27.0 Å². The van der Waals surface area contributed by atoms with Crippen LogP contribution in [0.3, 0.4) is 0 Å². The number of esters is 1. The minimum atomic E-state index is -0.516. The Morgan fingerprint density at radius 2 is 1.82 bits per heavy atom. The summed E-state index contributed by atoms with van der Waals surface area (Å²) in [6, 6.07) is 12.7. The maximum Gasteiger partial charge on any atom is 0.339 e. The van der Waals surface area contributed by atoms with Crippen LogP contribution in [-0.4, -0.2) is 29.9 Å². The zero-order valence-electron chi connectivity index (χ0n) is 16.4. The molecule has 0 fully saturated rings. The largest absolute Gasteiger partial charge is 0.467 e. The highest BCUT2D eigenvalue weighted by molar-refractivity contribution is 6.03. The highest BCUT2D eigenvalue weighted by Crippen LogP contribution is 2.25. The van der Waals surface area contributed by atoms with Gasteiger partial charge in [0.25, 0.3) is 0 Å². The van der Waals surface area contributed by atoms with Gasteiger partial charge in [0.2, 0.25) is 0 Å². The fraction of sp³-hybridized carbons (Fsp3) is 0.273. The number of ketones is 1. The summed E-state index contributed by atoms with van der Waals surface area (Å²) in [7, 11) is 1.33. The number of nitrogens with one attached hydrogen (secondary N) is 2. The van der Waals surface area contributed by atoms with Crippen molar-refractivity contribution in [2.24, 2.45) is 0 Å². The van der Waals surface area contributed by atoms with Gasteiger partial charge >= 0.3 is 5.97 Å². The number of carbonyl (C=O) groups is 2. The third kappa shape index (κ3) is 3.77. The molecule has 6 nitrogen and oxygen atoms in total. The molecule has 0 saturated carbocycles. The molecule has 0 spiro atoms. The lowest BCUT2D eigenvalue weighted by molar-refractivity contribution is 0.0599. The van der Waals surface area contributed by atoms with Gasteiger partial charge < -0.3 is 14.1 Å². The topological polar surface area (TPSA) is 84.3 Å². The van der Waals surface area contributed by atoms with Gasteiger partial charge in [0, 0.05) is 5.69 Å². The minimum Gasteiger partial charge on any atom is -0.467 e. The molecule has 0 aliphatic rings. The zero-order valence-corrected chi connectivity index (χ0v) is 16.4. The number of aryl methyl sites for hydroxylation is 1. The predicted octanol–water partition coefficient (Wildman–Crippen LogP) is 3.96. The van der Waals surface area contributed by atoms with Crippen LogP contribution in [0.25, 0.3) is 0 Å². The molecule has 2 heterocycles. The van der Waals surface area contributed by atoms with Gasteiger partial charge in [0.1, 0.15) is 5.76 Å². The standard InChI is InChI=1S/C22H24N2O4/c1-13-18(22(26)27-4)14(2)23-19(13)21(25)15(3)24-20(17-11-8-12-28-17)16-9-6-5-7-10-16/h5-12,15,20,23-24H,1-4H3/t15-,20+/m1/s1. The Labute approximate surface area is 163 Å². The number of ether oxygens (including phenoxy) is 1. The van der Waals surface area contributed by atoms with Gasteiger partial charge in [-0.15, -0.1) is 0 Å². The lowest BCUT2D eigenvalue weighted by Gasteiger charge is -2.21. The summed E-state index contributed by atoms with van der Waals surface area (Å²) in [4.78, 5) is 28.1. The summed E-state index contributed by atoms with van der Waals surface area (Å²) in [6.45, 7) is 5.30. The van der Waals surface area contributed by atoms with Crippen LogP contribution < -0.4 is 5.32 Å². The average Bonchev–Trinajstić information content (AvgIpc) is 3.33. The predicted molar refractivity (Wildman–Crippen MR) is 106 cm³/mol. The summed E-state index contributed by atoms with van der Waals surface area (Å²) in [5.74, 6) is 0.132. The number of methoxy groups -OCH3 is 1. The van der Waals surface area contributed by atoms with Crippen molar-refractivity contribution in [1.29, 1.82) is 0 Å². The van der Waals surface area contributed by atoms with Crippen molar-refractivity contribution in [3.8, 4) is 0 Å². The lowest BCUT2D eigenvalue weighted by Crippen LogP contribution is -2.37. The summed E-state index contributed by atoms with van der Waals surface area (Å²) in [5.41, 5.74) is 3.02. The van der Waals surface area contributed by atoms with Crippen LogP contribution in [0.15, 0.2) is 53.1 Å². The fourth-order valence-corrected chi connectivity index (χ4v) is 3.39. The summed E-state index contributed by atoms with van der Waals surface area (Å²) < 4.78 is 10.4. The first-order chi connectivity index (χ1) is 13.4. The van der Waals surface area contributed by atoms with Crippen molar-refractivity contribution in [3.63, 3.8) is 0 Å². The second-order valence-corrected chi connectivity index (χ2v) is 6.73. The summed E-state index contributed by atoms with van der Waals surface area (Å²) >= 11 is 0. The maximum absolute atomic E-state index is 13.1. The van der Waals surface area contributed by atoms with Crippen molar-refractivity contribution in [2.45, 2.75) is 32.9 Å². The highest BCUT2D eigenvalue weighted by atomic mass is 16.5. The van der Waals surface area contributed by atoms with Crippen LogP contribution in [-0.2, 0) is 4.74 Å². The number of H-pyrrole nitrogens is 1. The Morgan fingerprint density at radius 3 is 2.43 bits per heavy atom. The van der Waals surface area contributed by atoms with E-state index in [1.165, 1.54) is 7.11 Å². The number of furan rings is 1. The van der Waals surface area contributed by atoms with Crippen molar-refractivity contribution in [3.05, 3.63) is 82.6 Å². The second kappa shape index (κ2) is 8.27. The molecular formula is C22H24N2O4. The number of hydrogen-bond donors (Lipinski definition) is 2. The van der Waals surface area contributed by atoms with Gasteiger partial charge in [-0.25, -0.2) is 4.79 Å². The fourth-order valence-electron chi connectivity index (χ4n) is 3.39. The molecule has 2 N–H and O–H groups in total. The lowest BCUT2D eigenvalue weighted by atomic mass is 10.0. The molecule has 0 aliphatic heterocycles. The molecule has 0 unspecified atom stereocenters. The van der Waals surface area contributed by atoms with Gasteiger partial charge in [-0.1, -0.05) is 30.3 Å². The molecule has 2 atom stereocenters. The summed E-state index contributed by atoms with van der Waals surface area (Å²) in [5, 5.41) is 3.35. The van der Waals surface area contributed by atoms with Crippen molar-refractivity contribution >= 4 is 11.8 Å². The molecule has 0 aliphatic carbocycles. The zero-order chi connectivity index (χ0) is 20.3. The van der Waals surface area contributed by atoms with Crippen molar-refractivity contribution in [2.75, 3.05) is 7.11 Å². The molecule has 0 amide bonds. The van der Waals surface area contributed by atoms with E-state index in [1.807, 2.05) is 42.5 Å². The van der Waals surface area contributed by atoms with E-state index in [-0.39, 0.29) is 11.8 Å². The van der Waals surface area contributed by atoms with E-state index in [0.717, 1.165) is 11.3 Å². The molecule has 146 valence electrons. The smallest absolute Gasteiger partial charge is 0.339 e. The number of hydrogen-bond acceptors (Lipinski definition) is 5. The van der Waals surface area contributed by atoms with Crippen molar-refractivity contribution in [1.82, 2.24) is 10.3 Å². The molecule has 2 aromatic heterocycles. The van der Waals surface area contributed by atoms with E-state index in [9.17, 15) is 9.59 Å². The number of carbonyl (C=O) groups excluding carboxylic acids is 2. The van der Waals surface area contributed by atoms with Crippen LogP contribution in [0, 0.1) is 13.8 Å². The number of rotatable bonds is 7. The molecule has 3 aromatic rings. The first-order valence-electron chi connectivity index (χ1n) is 9.10. The average molecular weight is 380 g/mol. The van der Waals surface area contributed by atoms with E-state index in [4.69, 9.17) is 9.15 Å². The quantitative estimate of drug-likeness (QED) is 0.479. The molecule has 6 heteroatoms. The van der Waals surface area contributed by atoms with E-state index in [2.05, 4.69) is 10.3 Å². The Kier molecular flexibility index (Phi) is 5.80. The number of aromatic amines is 1. The van der Waals surface area contributed by atoms with Gasteiger partial charge in [-0.05, 0) is 44.0 Å². The SMILES string of the molecule is COC(=O)c1c(C)[nH]c(C(=O)[C@@H](C)N[C@@H](c2ccccc2)c2ccco2)c1C. The maximum atomic E-state index is 13.1. The Bertz CT molecular complexity index is 958. The Morgan fingerprint density at radius 1 is 1.11 bits per heavy atom. The molecule has 3 rings (SSSR count). The molecule has 1 aromatic carbocycles. The normalized spacial score (nSPS) is 13.1. The van der Waals surface area contributed by atoms with E-state index in [0.29, 0.717) is 22.5 Å². The van der Waals surface area contributed by atoms with Crippen LogP contribution in [0.1, 0.15) is 56.4 Å². The van der Waals surface area contributed by atoms with Gasteiger partial charge in [-0.3, -0.25) is 10.1 Å². The number of aromatic nitrogens is 1. The Hall–Kier alpha value is -3.12.